The minimum absolute atomic E-state index is 0.190. The van der Waals surface area contributed by atoms with Gasteiger partial charge in [0.25, 0.3) is 5.56 Å². The third-order valence-corrected chi connectivity index (χ3v) is 3.21. The number of primary amides is 1. The van der Waals surface area contributed by atoms with Crippen molar-refractivity contribution in [3.8, 4) is 11.1 Å². The Balaban J connectivity index is 2.24. The molecule has 0 fully saturated rings. The zero-order chi connectivity index (χ0) is 14.1. The number of carbonyl (C=O) groups excluding carboxylic acids is 1. The van der Waals surface area contributed by atoms with Crippen molar-refractivity contribution in [3.63, 3.8) is 0 Å². The van der Waals surface area contributed by atoms with E-state index in [9.17, 15) is 9.59 Å². The summed E-state index contributed by atoms with van der Waals surface area (Å²) in [5.41, 5.74) is 7.44. The molecule has 0 saturated heterocycles. The molecule has 3 rings (SSSR count). The van der Waals surface area contributed by atoms with Crippen LogP contribution in [0.4, 0.5) is 0 Å². The van der Waals surface area contributed by atoms with Gasteiger partial charge in [-0.2, -0.15) is 0 Å². The molecule has 1 amide bonds. The summed E-state index contributed by atoms with van der Waals surface area (Å²) in [6.45, 7) is 0. The smallest absolute Gasteiger partial charge is 0.256 e. The molecule has 3 N–H and O–H groups in total. The maximum Gasteiger partial charge on any atom is 0.256 e. The number of benzene rings is 2. The molecule has 0 aliphatic rings. The van der Waals surface area contributed by atoms with Gasteiger partial charge in [-0.1, -0.05) is 30.3 Å². The predicted molar refractivity (Wildman–Crippen MR) is 78.5 cm³/mol. The first-order valence-corrected chi connectivity index (χ1v) is 6.17. The summed E-state index contributed by atoms with van der Waals surface area (Å²) in [6, 6.07) is 16.1. The first-order valence-electron chi connectivity index (χ1n) is 6.17. The van der Waals surface area contributed by atoms with Crippen LogP contribution in [0.5, 0.6) is 0 Å². The van der Waals surface area contributed by atoms with Crippen molar-refractivity contribution in [1.29, 1.82) is 0 Å². The Morgan fingerprint density at radius 3 is 2.60 bits per heavy atom. The Morgan fingerprint density at radius 1 is 1.00 bits per heavy atom. The second-order valence-electron chi connectivity index (χ2n) is 4.54. The van der Waals surface area contributed by atoms with Gasteiger partial charge in [0, 0.05) is 16.6 Å². The van der Waals surface area contributed by atoms with E-state index >= 15 is 0 Å². The summed E-state index contributed by atoms with van der Waals surface area (Å²) >= 11 is 0. The maximum absolute atomic E-state index is 12.1. The third-order valence-electron chi connectivity index (χ3n) is 3.21. The Morgan fingerprint density at radius 2 is 1.80 bits per heavy atom. The van der Waals surface area contributed by atoms with Crippen molar-refractivity contribution in [2.45, 2.75) is 0 Å². The number of nitrogens with two attached hydrogens (primary N) is 1. The van der Waals surface area contributed by atoms with Crippen LogP contribution < -0.4 is 11.3 Å². The van der Waals surface area contributed by atoms with Crippen LogP contribution in [0, 0.1) is 0 Å². The Labute approximate surface area is 114 Å². The van der Waals surface area contributed by atoms with Gasteiger partial charge in [-0.15, -0.1) is 0 Å². The normalized spacial score (nSPS) is 10.6. The highest BCUT2D eigenvalue weighted by molar-refractivity contribution is 5.94. The van der Waals surface area contributed by atoms with Crippen LogP contribution in [-0.2, 0) is 0 Å². The van der Waals surface area contributed by atoms with Crippen molar-refractivity contribution in [2.24, 2.45) is 5.73 Å². The second kappa shape index (κ2) is 4.66. The molecule has 4 nitrogen and oxygen atoms in total. The van der Waals surface area contributed by atoms with Crippen LogP contribution in [0.1, 0.15) is 10.4 Å². The topological polar surface area (TPSA) is 76.0 Å². The van der Waals surface area contributed by atoms with E-state index in [-0.39, 0.29) is 5.56 Å². The summed E-state index contributed by atoms with van der Waals surface area (Å²) in [5.74, 6) is -0.510. The molecule has 98 valence electrons. The van der Waals surface area contributed by atoms with Gasteiger partial charge in [0.05, 0.1) is 0 Å². The lowest BCUT2D eigenvalue weighted by Gasteiger charge is -2.05. The summed E-state index contributed by atoms with van der Waals surface area (Å²) < 4.78 is 0. The number of nitrogens with one attached hydrogen (secondary N) is 1. The average molecular weight is 264 g/mol. The SMILES string of the molecule is NC(=O)c1cccc(-c2cc3ccccc3[nH]c2=O)c1. The zero-order valence-electron chi connectivity index (χ0n) is 10.6. The van der Waals surface area contributed by atoms with E-state index in [0.717, 1.165) is 10.9 Å². The fraction of sp³-hybridized carbons (Fsp3) is 0. The fourth-order valence-corrected chi connectivity index (χ4v) is 2.20. The fourth-order valence-electron chi connectivity index (χ4n) is 2.20. The van der Waals surface area contributed by atoms with Crippen LogP contribution in [0.3, 0.4) is 0 Å². The van der Waals surface area contributed by atoms with Gasteiger partial charge in [-0.25, -0.2) is 0 Å². The van der Waals surface area contributed by atoms with Crippen molar-refractivity contribution < 1.29 is 4.79 Å². The van der Waals surface area contributed by atoms with Gasteiger partial charge in [0.2, 0.25) is 5.91 Å². The second-order valence-corrected chi connectivity index (χ2v) is 4.54. The molecular weight excluding hydrogens is 252 g/mol. The summed E-state index contributed by atoms with van der Waals surface area (Å²) in [6.07, 6.45) is 0. The van der Waals surface area contributed by atoms with E-state index in [4.69, 9.17) is 5.73 Å². The van der Waals surface area contributed by atoms with Gasteiger partial charge in [0.1, 0.15) is 0 Å². The largest absolute Gasteiger partial charge is 0.366 e. The van der Waals surface area contributed by atoms with Crippen LogP contribution in [0.25, 0.3) is 22.0 Å². The standard InChI is InChI=1S/C16H12N2O2/c17-15(19)12-6-3-5-10(8-12)13-9-11-4-1-2-7-14(11)18-16(13)20/h1-9H,(H2,17,19)(H,18,20). The first kappa shape index (κ1) is 12.2. The quantitative estimate of drug-likeness (QED) is 0.745. The highest BCUT2D eigenvalue weighted by atomic mass is 16.1. The number of H-pyrrole nitrogens is 1. The Hall–Kier alpha value is -2.88. The predicted octanol–water partition coefficient (Wildman–Crippen LogP) is 2.29. The number of amides is 1. The number of para-hydroxylation sites is 1. The molecule has 0 atom stereocenters. The minimum atomic E-state index is -0.510. The van der Waals surface area contributed by atoms with Crippen molar-refractivity contribution in [1.82, 2.24) is 4.98 Å². The van der Waals surface area contributed by atoms with Gasteiger partial charge in [0.15, 0.2) is 0 Å². The molecule has 1 heterocycles. The lowest BCUT2D eigenvalue weighted by Crippen LogP contribution is -2.12. The minimum Gasteiger partial charge on any atom is -0.366 e. The van der Waals surface area contributed by atoms with Gasteiger partial charge in [-0.3, -0.25) is 9.59 Å². The summed E-state index contributed by atoms with van der Waals surface area (Å²) in [7, 11) is 0. The number of hydrogen-bond donors (Lipinski definition) is 2. The van der Waals surface area contributed by atoms with E-state index in [1.807, 2.05) is 30.3 Å². The lowest BCUT2D eigenvalue weighted by molar-refractivity contribution is 0.100. The molecule has 3 aromatic rings. The van der Waals surface area contributed by atoms with E-state index in [1.54, 1.807) is 24.3 Å². The van der Waals surface area contributed by atoms with Crippen LogP contribution in [0.15, 0.2) is 59.4 Å². The molecule has 0 aliphatic carbocycles. The van der Waals surface area contributed by atoms with Crippen LogP contribution >= 0.6 is 0 Å². The van der Waals surface area contributed by atoms with Crippen molar-refractivity contribution in [3.05, 3.63) is 70.5 Å². The number of aromatic amines is 1. The maximum atomic E-state index is 12.1. The van der Waals surface area contributed by atoms with E-state index in [1.165, 1.54) is 0 Å². The van der Waals surface area contributed by atoms with Gasteiger partial charge >= 0.3 is 0 Å². The van der Waals surface area contributed by atoms with Crippen molar-refractivity contribution in [2.75, 3.05) is 0 Å². The van der Waals surface area contributed by atoms with Crippen molar-refractivity contribution >= 4 is 16.8 Å². The molecule has 0 saturated carbocycles. The number of carbonyl (C=O) groups is 1. The molecule has 2 aromatic carbocycles. The van der Waals surface area contributed by atoms with E-state index in [0.29, 0.717) is 16.7 Å². The molecule has 0 radical (unpaired) electrons. The number of fused-ring (bicyclic) bond motifs is 1. The summed E-state index contributed by atoms with van der Waals surface area (Å²) in [5, 5.41) is 0.937. The molecule has 0 bridgehead atoms. The van der Waals surface area contributed by atoms with Crippen LogP contribution in [0.2, 0.25) is 0 Å². The van der Waals surface area contributed by atoms with Crippen LogP contribution in [-0.4, -0.2) is 10.9 Å². The average Bonchev–Trinajstić information content (AvgIpc) is 2.46. The molecule has 0 spiro atoms. The zero-order valence-corrected chi connectivity index (χ0v) is 10.6. The summed E-state index contributed by atoms with van der Waals surface area (Å²) in [4.78, 5) is 26.2. The van der Waals surface area contributed by atoms with E-state index < -0.39 is 5.91 Å². The highest BCUT2D eigenvalue weighted by Gasteiger charge is 2.07. The number of pyridine rings is 1. The number of aromatic nitrogens is 1. The molecule has 0 unspecified atom stereocenters. The van der Waals surface area contributed by atoms with Gasteiger partial charge in [-0.05, 0) is 35.2 Å². The molecule has 20 heavy (non-hydrogen) atoms. The number of rotatable bonds is 2. The first-order chi connectivity index (χ1) is 9.65. The molecule has 4 heteroatoms. The Kier molecular flexibility index (Phi) is 2.84. The Bertz CT molecular complexity index is 865. The van der Waals surface area contributed by atoms with E-state index in [2.05, 4.69) is 4.98 Å². The number of hydrogen-bond acceptors (Lipinski definition) is 2. The van der Waals surface area contributed by atoms with Gasteiger partial charge < -0.3 is 10.7 Å². The highest BCUT2D eigenvalue weighted by Crippen LogP contribution is 2.20. The molecule has 0 aliphatic heterocycles. The molecular formula is C16H12N2O2. The third kappa shape index (κ3) is 2.07. The lowest BCUT2D eigenvalue weighted by atomic mass is 10.0. The molecule has 1 aromatic heterocycles. The monoisotopic (exact) mass is 264 g/mol.